The van der Waals surface area contributed by atoms with E-state index in [1.807, 2.05) is 48.9 Å². The van der Waals surface area contributed by atoms with Gasteiger partial charge in [0.1, 0.15) is 5.82 Å². The zero-order valence-electron chi connectivity index (χ0n) is 14.8. The second-order valence-electron chi connectivity index (χ2n) is 5.86. The van der Waals surface area contributed by atoms with Gasteiger partial charge in [-0.05, 0) is 43.3 Å². The van der Waals surface area contributed by atoms with Gasteiger partial charge in [0.15, 0.2) is 11.0 Å². The Balaban J connectivity index is 1.74. The van der Waals surface area contributed by atoms with Crippen molar-refractivity contribution in [1.82, 2.24) is 14.8 Å². The maximum atomic E-state index is 13.1. The van der Waals surface area contributed by atoms with Gasteiger partial charge in [0.25, 0.3) is 0 Å². The lowest BCUT2D eigenvalue weighted by Crippen LogP contribution is -2.33. The van der Waals surface area contributed by atoms with Gasteiger partial charge in [0.2, 0.25) is 5.91 Å². The maximum Gasteiger partial charge on any atom is 0.240 e. The van der Waals surface area contributed by atoms with E-state index in [1.54, 1.807) is 24.1 Å². The van der Waals surface area contributed by atoms with Gasteiger partial charge in [0.05, 0.1) is 5.25 Å². The topological polar surface area (TPSA) is 51.0 Å². The van der Waals surface area contributed by atoms with Crippen LogP contribution in [0.1, 0.15) is 6.92 Å². The minimum atomic E-state index is -0.329. The van der Waals surface area contributed by atoms with Crippen molar-refractivity contribution in [2.75, 3.05) is 11.9 Å². The summed E-state index contributed by atoms with van der Waals surface area (Å²) in [5.74, 6) is 0.310. The van der Waals surface area contributed by atoms with Crippen LogP contribution in [0.15, 0.2) is 59.8 Å². The van der Waals surface area contributed by atoms with E-state index in [9.17, 15) is 9.18 Å². The number of thioether (sulfide) groups is 1. The van der Waals surface area contributed by atoms with E-state index in [0.29, 0.717) is 11.0 Å². The maximum absolute atomic E-state index is 13.1. The van der Waals surface area contributed by atoms with Crippen LogP contribution in [0.4, 0.5) is 10.1 Å². The highest BCUT2D eigenvalue weighted by Crippen LogP contribution is 2.27. The molecule has 0 saturated heterocycles. The average molecular weight is 370 g/mol. The van der Waals surface area contributed by atoms with E-state index in [-0.39, 0.29) is 17.0 Å². The average Bonchev–Trinajstić information content (AvgIpc) is 3.02. The number of halogens is 1. The van der Waals surface area contributed by atoms with Crippen LogP contribution in [0.2, 0.25) is 0 Å². The summed E-state index contributed by atoms with van der Waals surface area (Å²) in [6, 6.07) is 15.6. The molecular weight excluding hydrogens is 351 g/mol. The number of anilines is 1. The van der Waals surface area contributed by atoms with Crippen LogP contribution in [0.3, 0.4) is 0 Å². The van der Waals surface area contributed by atoms with Crippen molar-refractivity contribution in [3.8, 4) is 11.4 Å². The van der Waals surface area contributed by atoms with Crippen molar-refractivity contribution in [1.29, 1.82) is 0 Å². The molecule has 0 bridgehead atoms. The number of hydrogen-bond donors (Lipinski definition) is 0. The molecular formula is C19H19FN4OS. The zero-order chi connectivity index (χ0) is 18.7. The molecule has 0 fully saturated rings. The minimum Gasteiger partial charge on any atom is -0.315 e. The highest BCUT2D eigenvalue weighted by atomic mass is 32.2. The number of amides is 1. The van der Waals surface area contributed by atoms with Crippen LogP contribution >= 0.6 is 11.8 Å². The van der Waals surface area contributed by atoms with Crippen molar-refractivity contribution >= 4 is 23.4 Å². The number of nitrogens with zero attached hydrogens (tertiary/aromatic N) is 4. The van der Waals surface area contributed by atoms with Gasteiger partial charge >= 0.3 is 0 Å². The molecule has 3 rings (SSSR count). The monoisotopic (exact) mass is 370 g/mol. The molecule has 3 aromatic rings. The second kappa shape index (κ2) is 7.70. The first-order valence-electron chi connectivity index (χ1n) is 8.12. The van der Waals surface area contributed by atoms with E-state index in [1.165, 1.54) is 23.9 Å². The summed E-state index contributed by atoms with van der Waals surface area (Å²) in [5.41, 5.74) is 1.61. The summed E-state index contributed by atoms with van der Waals surface area (Å²) in [4.78, 5) is 14.3. The Morgan fingerprint density at radius 1 is 1.12 bits per heavy atom. The van der Waals surface area contributed by atoms with Gasteiger partial charge in [-0.25, -0.2) is 4.39 Å². The highest BCUT2D eigenvalue weighted by molar-refractivity contribution is 8.00. The second-order valence-corrected chi connectivity index (χ2v) is 7.17. The Labute approximate surface area is 155 Å². The van der Waals surface area contributed by atoms with Crippen LogP contribution in [-0.4, -0.2) is 33.0 Å². The van der Waals surface area contributed by atoms with Gasteiger partial charge in [-0.2, -0.15) is 0 Å². The largest absolute Gasteiger partial charge is 0.315 e. The summed E-state index contributed by atoms with van der Waals surface area (Å²) < 4.78 is 14.9. The normalized spacial score (nSPS) is 12.0. The van der Waals surface area contributed by atoms with Crippen molar-refractivity contribution in [3.63, 3.8) is 0 Å². The number of benzene rings is 2. The third-order valence-corrected chi connectivity index (χ3v) is 5.16. The van der Waals surface area contributed by atoms with E-state index >= 15 is 0 Å². The molecule has 1 atom stereocenters. The summed E-state index contributed by atoms with van der Waals surface area (Å²) >= 11 is 1.34. The van der Waals surface area contributed by atoms with Crippen molar-refractivity contribution < 1.29 is 9.18 Å². The number of carbonyl (C=O) groups excluding carboxylic acids is 1. The van der Waals surface area contributed by atoms with Gasteiger partial charge in [-0.15, -0.1) is 10.2 Å². The van der Waals surface area contributed by atoms with E-state index in [4.69, 9.17) is 0 Å². The first kappa shape index (κ1) is 18.1. The fraction of sp³-hybridized carbons (Fsp3) is 0.211. The van der Waals surface area contributed by atoms with Crippen molar-refractivity contribution in [2.45, 2.75) is 17.3 Å². The quantitative estimate of drug-likeness (QED) is 0.642. The number of carbonyl (C=O) groups is 1. The number of aromatic nitrogens is 3. The Hall–Kier alpha value is -2.67. The van der Waals surface area contributed by atoms with Gasteiger partial charge in [-0.1, -0.05) is 30.0 Å². The molecule has 0 aliphatic heterocycles. The lowest BCUT2D eigenvalue weighted by molar-refractivity contribution is -0.117. The van der Waals surface area contributed by atoms with E-state index in [0.717, 1.165) is 11.3 Å². The van der Waals surface area contributed by atoms with E-state index in [2.05, 4.69) is 10.2 Å². The molecule has 1 amide bonds. The SMILES string of the molecule is C[C@@H](Sc1nnc(-c2ccc(F)cc2)n1C)C(=O)N(C)c1ccccc1. The summed E-state index contributed by atoms with van der Waals surface area (Å²) in [7, 11) is 3.59. The fourth-order valence-corrected chi connectivity index (χ4v) is 3.44. The predicted octanol–water partition coefficient (Wildman–Crippen LogP) is 3.76. The van der Waals surface area contributed by atoms with Crippen molar-refractivity contribution in [3.05, 3.63) is 60.4 Å². The summed E-state index contributed by atoms with van der Waals surface area (Å²) in [6.45, 7) is 1.85. The standard InChI is InChI=1S/C19H19FN4OS/c1-13(18(25)23(2)16-7-5-4-6-8-16)26-19-22-21-17(24(19)3)14-9-11-15(20)12-10-14/h4-13H,1-3H3/t13-/m1/s1. The molecule has 2 aromatic carbocycles. The molecule has 0 spiro atoms. The molecule has 26 heavy (non-hydrogen) atoms. The van der Waals surface area contributed by atoms with Gasteiger partial charge in [-0.3, -0.25) is 4.79 Å². The minimum absolute atomic E-state index is 0.0208. The fourth-order valence-electron chi connectivity index (χ4n) is 2.53. The molecule has 0 radical (unpaired) electrons. The van der Waals surface area contributed by atoms with Crippen LogP contribution < -0.4 is 4.90 Å². The van der Waals surface area contributed by atoms with Crippen LogP contribution in [0.5, 0.6) is 0 Å². The van der Waals surface area contributed by atoms with Crippen molar-refractivity contribution in [2.24, 2.45) is 7.05 Å². The lowest BCUT2D eigenvalue weighted by Gasteiger charge is -2.20. The molecule has 0 saturated carbocycles. The third-order valence-electron chi connectivity index (χ3n) is 4.04. The molecule has 0 aliphatic rings. The first-order valence-corrected chi connectivity index (χ1v) is 9.00. The molecule has 1 aromatic heterocycles. The smallest absolute Gasteiger partial charge is 0.240 e. The van der Waals surface area contributed by atoms with E-state index < -0.39 is 0 Å². The molecule has 0 aliphatic carbocycles. The molecule has 0 N–H and O–H groups in total. The summed E-state index contributed by atoms with van der Waals surface area (Å²) in [5, 5.41) is 8.66. The number of hydrogen-bond acceptors (Lipinski definition) is 4. The lowest BCUT2D eigenvalue weighted by atomic mass is 10.2. The third kappa shape index (κ3) is 3.77. The number of rotatable bonds is 5. The molecule has 0 unspecified atom stereocenters. The highest BCUT2D eigenvalue weighted by Gasteiger charge is 2.22. The zero-order valence-corrected chi connectivity index (χ0v) is 15.6. The molecule has 134 valence electrons. The predicted molar refractivity (Wildman–Crippen MR) is 102 cm³/mol. The van der Waals surface area contributed by atoms with Crippen LogP contribution in [0, 0.1) is 5.82 Å². The van der Waals surface area contributed by atoms with Gasteiger partial charge < -0.3 is 9.47 Å². The number of para-hydroxylation sites is 1. The Bertz CT molecular complexity index is 896. The first-order chi connectivity index (χ1) is 12.5. The Morgan fingerprint density at radius 2 is 1.77 bits per heavy atom. The Kier molecular flexibility index (Phi) is 5.37. The van der Waals surface area contributed by atoms with Gasteiger partial charge in [0, 0.05) is 25.3 Å². The molecule has 5 nitrogen and oxygen atoms in total. The Morgan fingerprint density at radius 3 is 2.42 bits per heavy atom. The molecule has 1 heterocycles. The molecule has 7 heteroatoms. The summed E-state index contributed by atoms with van der Waals surface area (Å²) in [6.07, 6.45) is 0. The van der Waals surface area contributed by atoms with Crippen LogP contribution in [-0.2, 0) is 11.8 Å². The van der Waals surface area contributed by atoms with Crippen LogP contribution in [0.25, 0.3) is 11.4 Å².